The van der Waals surface area contributed by atoms with E-state index >= 15 is 0 Å². The van der Waals surface area contributed by atoms with Crippen molar-refractivity contribution in [1.82, 2.24) is 4.98 Å². The molecule has 1 heterocycles. The fraction of sp³-hybridized carbons (Fsp3) is 0.429. The van der Waals surface area contributed by atoms with Gasteiger partial charge in [-0.25, -0.2) is 0 Å². The van der Waals surface area contributed by atoms with E-state index in [4.69, 9.17) is 10.5 Å². The molecule has 1 aromatic heterocycles. The highest BCUT2D eigenvalue weighted by Gasteiger charge is 2.28. The molecule has 4 nitrogen and oxygen atoms in total. The average Bonchev–Trinajstić information content (AvgIpc) is 2.84. The molecule has 0 aliphatic rings. The number of aliphatic hydroxyl groups is 1. The van der Waals surface area contributed by atoms with E-state index in [0.717, 1.165) is 22.9 Å². The van der Waals surface area contributed by atoms with Crippen molar-refractivity contribution in [3.8, 4) is 0 Å². The van der Waals surface area contributed by atoms with Crippen LogP contribution in [0.3, 0.4) is 0 Å². The zero-order chi connectivity index (χ0) is 13.0. The monoisotopic (exact) mass is 248 g/mol. The summed E-state index contributed by atoms with van der Waals surface area (Å²) in [5.74, 6) is 0. The third kappa shape index (κ3) is 2.56. The molecule has 1 aromatic carbocycles. The van der Waals surface area contributed by atoms with E-state index in [9.17, 15) is 5.11 Å². The number of methoxy groups -OCH3 is 1. The van der Waals surface area contributed by atoms with Crippen molar-refractivity contribution in [2.24, 2.45) is 5.73 Å². The van der Waals surface area contributed by atoms with E-state index in [1.54, 1.807) is 7.11 Å². The third-order valence-corrected chi connectivity index (χ3v) is 3.27. The van der Waals surface area contributed by atoms with Crippen LogP contribution < -0.4 is 5.73 Å². The SMILES string of the molecule is COCC(O)(CCCN)c1ccc2[nH]ccc2c1. The van der Waals surface area contributed by atoms with Gasteiger partial charge in [0.15, 0.2) is 0 Å². The Morgan fingerprint density at radius 1 is 1.39 bits per heavy atom. The fourth-order valence-electron chi connectivity index (χ4n) is 2.28. The Bertz CT molecular complexity index is 509. The van der Waals surface area contributed by atoms with Crippen LogP contribution in [0.4, 0.5) is 0 Å². The van der Waals surface area contributed by atoms with Crippen LogP contribution in [0.2, 0.25) is 0 Å². The standard InChI is InChI=1S/C14H20N2O2/c1-18-10-14(17,6-2-7-15)12-3-4-13-11(9-12)5-8-16-13/h3-5,8-9,16-17H,2,6-7,10,15H2,1H3. The molecule has 2 rings (SSSR count). The maximum atomic E-state index is 10.7. The lowest BCUT2D eigenvalue weighted by molar-refractivity contribution is -0.0428. The Labute approximate surface area is 107 Å². The summed E-state index contributed by atoms with van der Waals surface area (Å²) >= 11 is 0. The molecule has 98 valence electrons. The van der Waals surface area contributed by atoms with Gasteiger partial charge in [0.2, 0.25) is 0 Å². The molecular weight excluding hydrogens is 228 g/mol. The van der Waals surface area contributed by atoms with Gasteiger partial charge in [-0.3, -0.25) is 0 Å². The molecule has 1 atom stereocenters. The summed E-state index contributed by atoms with van der Waals surface area (Å²) in [6.45, 7) is 0.849. The molecule has 0 saturated carbocycles. The molecule has 18 heavy (non-hydrogen) atoms. The lowest BCUT2D eigenvalue weighted by Crippen LogP contribution is -2.32. The number of benzene rings is 1. The summed E-state index contributed by atoms with van der Waals surface area (Å²) in [5.41, 5.74) is 6.51. The summed E-state index contributed by atoms with van der Waals surface area (Å²) in [5, 5.41) is 11.8. The molecule has 2 aromatic rings. The van der Waals surface area contributed by atoms with Crippen molar-refractivity contribution in [1.29, 1.82) is 0 Å². The summed E-state index contributed by atoms with van der Waals surface area (Å²) < 4.78 is 5.15. The van der Waals surface area contributed by atoms with Crippen LogP contribution in [0.15, 0.2) is 30.5 Å². The number of rotatable bonds is 6. The number of aromatic nitrogens is 1. The Morgan fingerprint density at radius 3 is 2.94 bits per heavy atom. The maximum absolute atomic E-state index is 10.7. The first kappa shape index (κ1) is 13.1. The predicted molar refractivity (Wildman–Crippen MR) is 72.4 cm³/mol. The molecule has 0 amide bonds. The summed E-state index contributed by atoms with van der Waals surface area (Å²) in [6, 6.07) is 7.92. The van der Waals surface area contributed by atoms with Gasteiger partial charge in [-0.05, 0) is 48.5 Å². The van der Waals surface area contributed by atoms with E-state index in [2.05, 4.69) is 4.98 Å². The molecular formula is C14H20N2O2. The van der Waals surface area contributed by atoms with Gasteiger partial charge in [-0.2, -0.15) is 0 Å². The number of nitrogens with two attached hydrogens (primary N) is 1. The number of hydrogen-bond donors (Lipinski definition) is 3. The molecule has 0 radical (unpaired) electrons. The second-order valence-corrected chi connectivity index (χ2v) is 4.64. The minimum absolute atomic E-state index is 0.281. The topological polar surface area (TPSA) is 71.3 Å². The van der Waals surface area contributed by atoms with Gasteiger partial charge in [0.1, 0.15) is 5.60 Å². The first-order chi connectivity index (χ1) is 8.69. The van der Waals surface area contributed by atoms with Gasteiger partial charge in [0.05, 0.1) is 6.61 Å². The molecule has 0 aliphatic heterocycles. The maximum Gasteiger partial charge on any atom is 0.113 e. The van der Waals surface area contributed by atoms with Gasteiger partial charge >= 0.3 is 0 Å². The van der Waals surface area contributed by atoms with Crippen LogP contribution in [0, 0.1) is 0 Å². The van der Waals surface area contributed by atoms with Gasteiger partial charge in [0.25, 0.3) is 0 Å². The van der Waals surface area contributed by atoms with Crippen molar-refractivity contribution in [3.63, 3.8) is 0 Å². The normalized spacial score (nSPS) is 14.8. The minimum Gasteiger partial charge on any atom is -0.383 e. The largest absolute Gasteiger partial charge is 0.383 e. The fourth-order valence-corrected chi connectivity index (χ4v) is 2.28. The highest BCUT2D eigenvalue weighted by atomic mass is 16.5. The van der Waals surface area contributed by atoms with E-state index in [1.807, 2.05) is 30.5 Å². The second-order valence-electron chi connectivity index (χ2n) is 4.64. The lowest BCUT2D eigenvalue weighted by Gasteiger charge is -2.28. The van der Waals surface area contributed by atoms with Crippen molar-refractivity contribution in [2.75, 3.05) is 20.3 Å². The summed E-state index contributed by atoms with van der Waals surface area (Å²) in [4.78, 5) is 3.14. The van der Waals surface area contributed by atoms with E-state index in [-0.39, 0.29) is 6.61 Å². The Balaban J connectivity index is 2.33. The lowest BCUT2D eigenvalue weighted by atomic mass is 9.89. The van der Waals surface area contributed by atoms with Gasteiger partial charge in [0, 0.05) is 18.8 Å². The number of fused-ring (bicyclic) bond motifs is 1. The van der Waals surface area contributed by atoms with Crippen molar-refractivity contribution in [2.45, 2.75) is 18.4 Å². The zero-order valence-electron chi connectivity index (χ0n) is 10.6. The molecule has 4 heteroatoms. The first-order valence-electron chi connectivity index (χ1n) is 6.18. The van der Waals surface area contributed by atoms with E-state index in [1.165, 1.54) is 0 Å². The van der Waals surface area contributed by atoms with Crippen LogP contribution in [-0.4, -0.2) is 30.4 Å². The highest BCUT2D eigenvalue weighted by Crippen LogP contribution is 2.29. The summed E-state index contributed by atoms with van der Waals surface area (Å²) in [6.07, 6.45) is 3.27. The summed E-state index contributed by atoms with van der Waals surface area (Å²) in [7, 11) is 1.60. The first-order valence-corrected chi connectivity index (χ1v) is 6.18. The molecule has 4 N–H and O–H groups in total. The molecule has 0 bridgehead atoms. The van der Waals surface area contributed by atoms with E-state index in [0.29, 0.717) is 13.0 Å². The van der Waals surface area contributed by atoms with Gasteiger partial charge < -0.3 is 20.6 Å². The molecule has 0 saturated heterocycles. The van der Waals surface area contributed by atoms with Crippen LogP contribution >= 0.6 is 0 Å². The quantitative estimate of drug-likeness (QED) is 0.729. The van der Waals surface area contributed by atoms with Crippen LogP contribution in [0.25, 0.3) is 10.9 Å². The number of aromatic amines is 1. The van der Waals surface area contributed by atoms with Crippen LogP contribution in [0.1, 0.15) is 18.4 Å². The predicted octanol–water partition coefficient (Wildman–Crippen LogP) is 1.74. The Kier molecular flexibility index (Phi) is 4.01. The number of nitrogens with one attached hydrogen (secondary N) is 1. The average molecular weight is 248 g/mol. The molecule has 0 spiro atoms. The molecule has 0 aliphatic carbocycles. The zero-order valence-corrected chi connectivity index (χ0v) is 10.6. The number of hydrogen-bond acceptors (Lipinski definition) is 3. The Hall–Kier alpha value is -1.36. The van der Waals surface area contributed by atoms with E-state index < -0.39 is 5.60 Å². The molecule has 0 fully saturated rings. The van der Waals surface area contributed by atoms with Crippen molar-refractivity contribution >= 4 is 10.9 Å². The van der Waals surface area contributed by atoms with Gasteiger partial charge in [-0.1, -0.05) is 6.07 Å². The van der Waals surface area contributed by atoms with Crippen LogP contribution in [0.5, 0.6) is 0 Å². The Morgan fingerprint density at radius 2 is 2.22 bits per heavy atom. The second kappa shape index (κ2) is 5.52. The van der Waals surface area contributed by atoms with Gasteiger partial charge in [-0.15, -0.1) is 0 Å². The van der Waals surface area contributed by atoms with Crippen molar-refractivity contribution in [3.05, 3.63) is 36.0 Å². The highest BCUT2D eigenvalue weighted by molar-refractivity contribution is 5.80. The smallest absolute Gasteiger partial charge is 0.113 e. The number of ether oxygens (including phenoxy) is 1. The minimum atomic E-state index is -0.959. The third-order valence-electron chi connectivity index (χ3n) is 3.27. The number of H-pyrrole nitrogens is 1. The van der Waals surface area contributed by atoms with Crippen LogP contribution in [-0.2, 0) is 10.3 Å². The molecule has 1 unspecified atom stereocenters. The van der Waals surface area contributed by atoms with Crippen molar-refractivity contribution < 1.29 is 9.84 Å².